The molecule has 0 fully saturated rings. The van der Waals surface area contributed by atoms with Gasteiger partial charge >= 0.3 is 0 Å². The van der Waals surface area contributed by atoms with Crippen LogP contribution in [0.2, 0.25) is 0 Å². The summed E-state index contributed by atoms with van der Waals surface area (Å²) in [4.78, 5) is 3.57. The van der Waals surface area contributed by atoms with E-state index in [0.717, 1.165) is 37.6 Å². The van der Waals surface area contributed by atoms with E-state index >= 15 is 0 Å². The summed E-state index contributed by atoms with van der Waals surface area (Å²) in [6.45, 7) is 2.82. The molecule has 1 aliphatic rings. The Balaban J connectivity index is 1.79. The number of benzene rings is 2. The van der Waals surface area contributed by atoms with Crippen LogP contribution in [-0.2, 0) is 19.5 Å². The van der Waals surface area contributed by atoms with Gasteiger partial charge in [-0.1, -0.05) is 18.2 Å². The van der Waals surface area contributed by atoms with E-state index in [0.29, 0.717) is 0 Å². The van der Waals surface area contributed by atoms with E-state index in [1.165, 1.54) is 27.3 Å². The first-order valence-electron chi connectivity index (χ1n) is 8.48. The Morgan fingerprint density at radius 3 is 2.52 bits per heavy atom. The average Bonchev–Trinajstić information content (AvgIpc) is 3.11. The van der Waals surface area contributed by atoms with Crippen LogP contribution in [0, 0.1) is 0 Å². The van der Waals surface area contributed by atoms with Crippen molar-refractivity contribution in [3.63, 3.8) is 0 Å². The second-order valence-corrected chi connectivity index (χ2v) is 7.17. The number of para-hydroxylation sites is 1. The molecule has 0 aromatic heterocycles. The maximum atomic E-state index is 5.47. The Labute approximate surface area is 154 Å². The predicted molar refractivity (Wildman–Crippen MR) is 105 cm³/mol. The molecule has 2 aromatic carbocycles. The molecule has 134 valence electrons. The second-order valence-electron chi connectivity index (χ2n) is 6.32. The SMILES string of the molecule is COc1cc(CN(C)Cc2cccc3c2NCC3)c(SC)cc1OC. The summed E-state index contributed by atoms with van der Waals surface area (Å²) in [5.41, 5.74) is 5.38. The quantitative estimate of drug-likeness (QED) is 0.756. The number of fused-ring (bicyclic) bond motifs is 1. The molecule has 4 nitrogen and oxygen atoms in total. The molecule has 0 atom stereocenters. The monoisotopic (exact) mass is 358 g/mol. The molecule has 0 bridgehead atoms. The molecule has 0 amide bonds. The third-order valence-electron chi connectivity index (χ3n) is 4.60. The fraction of sp³-hybridized carbons (Fsp3) is 0.400. The van der Waals surface area contributed by atoms with Gasteiger partial charge in [0.15, 0.2) is 11.5 Å². The van der Waals surface area contributed by atoms with E-state index in [4.69, 9.17) is 9.47 Å². The van der Waals surface area contributed by atoms with Gasteiger partial charge in [-0.2, -0.15) is 0 Å². The summed E-state index contributed by atoms with van der Waals surface area (Å²) >= 11 is 1.74. The Kier molecular flexibility index (Phi) is 5.76. The minimum Gasteiger partial charge on any atom is -0.493 e. The third-order valence-corrected chi connectivity index (χ3v) is 5.42. The molecule has 2 aromatic rings. The van der Waals surface area contributed by atoms with Crippen LogP contribution in [0.25, 0.3) is 0 Å². The summed E-state index contributed by atoms with van der Waals surface area (Å²) in [6, 6.07) is 10.8. The Morgan fingerprint density at radius 1 is 1.08 bits per heavy atom. The van der Waals surface area contributed by atoms with Crippen LogP contribution in [0.4, 0.5) is 5.69 Å². The third kappa shape index (κ3) is 3.88. The van der Waals surface area contributed by atoms with Gasteiger partial charge in [-0.15, -0.1) is 11.8 Å². The number of hydrogen-bond donors (Lipinski definition) is 1. The summed E-state index contributed by atoms with van der Waals surface area (Å²) < 4.78 is 10.9. The van der Waals surface area contributed by atoms with E-state index < -0.39 is 0 Å². The molecular weight excluding hydrogens is 332 g/mol. The number of nitrogens with zero attached hydrogens (tertiary/aromatic N) is 1. The van der Waals surface area contributed by atoms with Crippen LogP contribution in [0.1, 0.15) is 16.7 Å². The largest absolute Gasteiger partial charge is 0.493 e. The van der Waals surface area contributed by atoms with Gasteiger partial charge in [-0.05, 0) is 48.5 Å². The lowest BCUT2D eigenvalue weighted by atomic mass is 10.1. The van der Waals surface area contributed by atoms with Gasteiger partial charge in [0, 0.05) is 30.2 Å². The highest BCUT2D eigenvalue weighted by molar-refractivity contribution is 7.98. The Morgan fingerprint density at radius 2 is 1.80 bits per heavy atom. The minimum atomic E-state index is 0.781. The number of methoxy groups -OCH3 is 2. The van der Waals surface area contributed by atoms with Crippen molar-refractivity contribution < 1.29 is 9.47 Å². The van der Waals surface area contributed by atoms with Crippen molar-refractivity contribution in [3.8, 4) is 11.5 Å². The first-order valence-corrected chi connectivity index (χ1v) is 9.70. The molecule has 3 rings (SSSR count). The fourth-order valence-corrected chi connectivity index (χ4v) is 4.01. The number of hydrogen-bond acceptors (Lipinski definition) is 5. The number of thioether (sulfide) groups is 1. The molecule has 0 saturated carbocycles. The molecular formula is C20H26N2O2S. The van der Waals surface area contributed by atoms with E-state index in [2.05, 4.69) is 53.9 Å². The zero-order chi connectivity index (χ0) is 17.8. The number of nitrogens with one attached hydrogen (secondary N) is 1. The van der Waals surface area contributed by atoms with Gasteiger partial charge < -0.3 is 14.8 Å². The smallest absolute Gasteiger partial charge is 0.161 e. The highest BCUT2D eigenvalue weighted by Crippen LogP contribution is 2.35. The molecule has 0 radical (unpaired) electrons. The molecule has 1 aliphatic heterocycles. The van der Waals surface area contributed by atoms with Gasteiger partial charge in [0.25, 0.3) is 0 Å². The summed E-state index contributed by atoms with van der Waals surface area (Å²) in [5, 5.41) is 3.53. The number of anilines is 1. The van der Waals surface area contributed by atoms with Gasteiger partial charge in [-0.25, -0.2) is 0 Å². The molecule has 0 spiro atoms. The minimum absolute atomic E-state index is 0.781. The average molecular weight is 359 g/mol. The van der Waals surface area contributed by atoms with Crippen LogP contribution in [0.3, 0.4) is 0 Å². The van der Waals surface area contributed by atoms with Crippen LogP contribution >= 0.6 is 11.8 Å². The van der Waals surface area contributed by atoms with Crippen LogP contribution in [-0.4, -0.2) is 39.0 Å². The van der Waals surface area contributed by atoms with Gasteiger partial charge in [0.1, 0.15) is 0 Å². The summed E-state index contributed by atoms with van der Waals surface area (Å²) in [5.74, 6) is 1.56. The van der Waals surface area contributed by atoms with E-state index in [-0.39, 0.29) is 0 Å². The fourth-order valence-electron chi connectivity index (χ4n) is 3.40. The second kappa shape index (κ2) is 8.02. The maximum Gasteiger partial charge on any atom is 0.161 e. The standard InChI is InChI=1S/C20H26N2O2S/c1-22(12-15-7-5-6-14-8-9-21-20(14)15)13-16-10-17(23-2)18(24-3)11-19(16)25-4/h5-7,10-11,21H,8-9,12-13H2,1-4H3. The van der Waals surface area contributed by atoms with Gasteiger partial charge in [0.2, 0.25) is 0 Å². The highest BCUT2D eigenvalue weighted by atomic mass is 32.2. The first kappa shape index (κ1) is 18.0. The van der Waals surface area contributed by atoms with Crippen molar-refractivity contribution in [1.82, 2.24) is 4.90 Å². The zero-order valence-electron chi connectivity index (χ0n) is 15.4. The van der Waals surface area contributed by atoms with E-state index in [9.17, 15) is 0 Å². The van der Waals surface area contributed by atoms with Crippen molar-refractivity contribution in [2.45, 2.75) is 24.4 Å². The molecule has 1 N–H and O–H groups in total. The van der Waals surface area contributed by atoms with Crippen molar-refractivity contribution >= 4 is 17.4 Å². The van der Waals surface area contributed by atoms with Crippen LogP contribution < -0.4 is 14.8 Å². The molecule has 25 heavy (non-hydrogen) atoms. The van der Waals surface area contributed by atoms with Gasteiger partial charge in [0.05, 0.1) is 14.2 Å². The van der Waals surface area contributed by atoms with Crippen LogP contribution in [0.5, 0.6) is 11.5 Å². The highest BCUT2D eigenvalue weighted by Gasteiger charge is 2.16. The summed E-state index contributed by atoms with van der Waals surface area (Å²) in [6.07, 6.45) is 3.22. The number of rotatable bonds is 7. The van der Waals surface area contributed by atoms with Crippen molar-refractivity contribution in [3.05, 3.63) is 47.0 Å². The van der Waals surface area contributed by atoms with E-state index in [1.54, 1.807) is 26.0 Å². The maximum absolute atomic E-state index is 5.47. The lowest BCUT2D eigenvalue weighted by molar-refractivity contribution is 0.314. The molecule has 5 heteroatoms. The van der Waals surface area contributed by atoms with Crippen molar-refractivity contribution in [2.75, 3.05) is 39.4 Å². The molecule has 1 heterocycles. The van der Waals surface area contributed by atoms with E-state index in [1.807, 2.05) is 0 Å². The molecule has 0 aliphatic carbocycles. The first-order chi connectivity index (χ1) is 12.2. The molecule has 0 unspecified atom stereocenters. The Hall–Kier alpha value is -1.85. The Bertz CT molecular complexity index is 749. The van der Waals surface area contributed by atoms with Crippen molar-refractivity contribution in [2.24, 2.45) is 0 Å². The lowest BCUT2D eigenvalue weighted by Crippen LogP contribution is -2.18. The topological polar surface area (TPSA) is 33.7 Å². The number of ether oxygens (including phenoxy) is 2. The normalized spacial score (nSPS) is 12.8. The zero-order valence-corrected chi connectivity index (χ0v) is 16.2. The predicted octanol–water partition coefficient (Wildman–Crippen LogP) is 4.03. The van der Waals surface area contributed by atoms with Gasteiger partial charge in [-0.3, -0.25) is 4.90 Å². The lowest BCUT2D eigenvalue weighted by Gasteiger charge is -2.21. The summed E-state index contributed by atoms with van der Waals surface area (Å²) in [7, 11) is 5.52. The van der Waals surface area contributed by atoms with Crippen molar-refractivity contribution in [1.29, 1.82) is 0 Å². The molecule has 0 saturated heterocycles. The van der Waals surface area contributed by atoms with Crippen LogP contribution in [0.15, 0.2) is 35.2 Å².